The second-order valence-electron chi connectivity index (χ2n) is 2.98. The van der Waals surface area contributed by atoms with Crippen molar-refractivity contribution < 1.29 is 9.59 Å². The average molecular weight is 288 g/mol. The van der Waals surface area contributed by atoms with Crippen molar-refractivity contribution in [3.8, 4) is 0 Å². The molecule has 0 fully saturated rings. The van der Waals surface area contributed by atoms with Gasteiger partial charge in [0.25, 0.3) is 0 Å². The monoisotopic (exact) mass is 287 g/mol. The summed E-state index contributed by atoms with van der Waals surface area (Å²) in [6, 6.07) is 0. The van der Waals surface area contributed by atoms with E-state index in [0.717, 1.165) is 0 Å². The molecule has 16 heavy (non-hydrogen) atoms. The van der Waals surface area contributed by atoms with E-state index in [2.05, 4.69) is 25.9 Å². The van der Waals surface area contributed by atoms with Crippen molar-refractivity contribution in [1.82, 2.24) is 9.97 Å². The minimum atomic E-state index is -0.577. The Kier molecular flexibility index (Phi) is 4.18. The van der Waals surface area contributed by atoms with Crippen molar-refractivity contribution >= 4 is 33.6 Å². The minimum Gasteiger partial charge on any atom is -0.368 e. The smallest absolute Gasteiger partial charge is 0.237 e. The molecule has 0 aliphatic heterocycles. The predicted octanol–water partition coefficient (Wildman–Crippen LogP) is -0.984. The molecule has 0 spiro atoms. The van der Waals surface area contributed by atoms with Crippen LogP contribution >= 0.6 is 15.9 Å². The van der Waals surface area contributed by atoms with E-state index in [4.69, 9.17) is 11.5 Å². The van der Waals surface area contributed by atoms with Crippen LogP contribution in [0.25, 0.3) is 0 Å². The molecular weight excluding hydrogens is 278 g/mol. The summed E-state index contributed by atoms with van der Waals surface area (Å²) < 4.78 is 0.553. The summed E-state index contributed by atoms with van der Waals surface area (Å²) in [7, 11) is 0. The van der Waals surface area contributed by atoms with E-state index in [-0.39, 0.29) is 13.1 Å². The van der Waals surface area contributed by atoms with E-state index >= 15 is 0 Å². The normalized spacial score (nSPS) is 9.81. The van der Waals surface area contributed by atoms with Gasteiger partial charge in [0.05, 0.1) is 17.6 Å². The van der Waals surface area contributed by atoms with Crippen molar-refractivity contribution in [1.29, 1.82) is 0 Å². The largest absolute Gasteiger partial charge is 0.368 e. The second kappa shape index (κ2) is 5.40. The van der Waals surface area contributed by atoms with Gasteiger partial charge in [-0.2, -0.15) is 0 Å². The minimum absolute atomic E-state index is 0.140. The molecule has 0 bridgehead atoms. The van der Waals surface area contributed by atoms with Crippen molar-refractivity contribution in [2.45, 2.75) is 0 Å². The maximum Gasteiger partial charge on any atom is 0.237 e. The molecule has 1 rings (SSSR count). The first-order valence-corrected chi connectivity index (χ1v) is 5.07. The van der Waals surface area contributed by atoms with Gasteiger partial charge in [-0.25, -0.2) is 9.97 Å². The molecule has 1 heterocycles. The zero-order valence-electron chi connectivity index (χ0n) is 8.26. The zero-order valence-corrected chi connectivity index (χ0v) is 9.85. The summed E-state index contributed by atoms with van der Waals surface area (Å²) >= 11 is 3.21. The van der Waals surface area contributed by atoms with E-state index in [9.17, 15) is 9.59 Å². The molecule has 0 saturated carbocycles. The standard InChI is InChI=1S/C8H10BrN5O2/c9-5-1-12-4-13-8(5)14(2-6(10)15)3-7(11)16/h1,4H,2-3H2,(H2,10,15)(H2,11,16). The number of nitrogens with two attached hydrogens (primary N) is 2. The van der Waals surface area contributed by atoms with Crippen molar-refractivity contribution in [2.75, 3.05) is 18.0 Å². The topological polar surface area (TPSA) is 115 Å². The summed E-state index contributed by atoms with van der Waals surface area (Å²) in [4.78, 5) is 30.8. The Hall–Kier alpha value is -1.70. The maximum absolute atomic E-state index is 10.8. The van der Waals surface area contributed by atoms with E-state index in [1.165, 1.54) is 17.4 Å². The van der Waals surface area contributed by atoms with Crippen LogP contribution < -0.4 is 16.4 Å². The molecule has 0 aliphatic carbocycles. The van der Waals surface area contributed by atoms with Gasteiger partial charge in [-0.3, -0.25) is 9.59 Å². The lowest BCUT2D eigenvalue weighted by atomic mass is 10.4. The molecule has 0 unspecified atom stereocenters. The van der Waals surface area contributed by atoms with Crippen molar-refractivity contribution in [3.05, 3.63) is 17.0 Å². The van der Waals surface area contributed by atoms with Crippen LogP contribution in [0, 0.1) is 0 Å². The first kappa shape index (κ1) is 12.4. The third kappa shape index (κ3) is 3.46. The predicted molar refractivity (Wildman–Crippen MR) is 60.3 cm³/mol. The molecular formula is C8H10BrN5O2. The Balaban J connectivity index is 2.96. The van der Waals surface area contributed by atoms with Gasteiger partial charge >= 0.3 is 0 Å². The summed E-state index contributed by atoms with van der Waals surface area (Å²) in [5, 5.41) is 0. The SMILES string of the molecule is NC(=O)CN(CC(N)=O)c1ncncc1Br. The Bertz CT molecular complexity index is 395. The van der Waals surface area contributed by atoms with Crippen LogP contribution in [0.5, 0.6) is 0 Å². The number of hydrogen-bond acceptors (Lipinski definition) is 5. The number of carbonyl (C=O) groups excluding carboxylic acids is 2. The zero-order chi connectivity index (χ0) is 12.1. The van der Waals surface area contributed by atoms with E-state index in [0.29, 0.717) is 10.3 Å². The number of primary amides is 2. The molecule has 2 amide bonds. The molecule has 0 saturated heterocycles. The van der Waals surface area contributed by atoms with Crippen LogP contribution in [-0.4, -0.2) is 34.9 Å². The molecule has 7 nitrogen and oxygen atoms in total. The van der Waals surface area contributed by atoms with Gasteiger partial charge in [0.2, 0.25) is 11.8 Å². The Labute approximate surface area is 100.0 Å². The van der Waals surface area contributed by atoms with Crippen LogP contribution in [0.15, 0.2) is 17.0 Å². The summed E-state index contributed by atoms with van der Waals surface area (Å²) in [5.74, 6) is -0.758. The van der Waals surface area contributed by atoms with Crippen LogP contribution in [0.2, 0.25) is 0 Å². The van der Waals surface area contributed by atoms with Crippen LogP contribution in [0.3, 0.4) is 0 Å². The molecule has 1 aromatic heterocycles. The van der Waals surface area contributed by atoms with Crippen LogP contribution in [-0.2, 0) is 9.59 Å². The lowest BCUT2D eigenvalue weighted by molar-refractivity contribution is -0.117. The van der Waals surface area contributed by atoms with Gasteiger partial charge < -0.3 is 16.4 Å². The maximum atomic E-state index is 10.8. The molecule has 4 N–H and O–H groups in total. The van der Waals surface area contributed by atoms with Gasteiger partial charge in [0.15, 0.2) is 0 Å². The second-order valence-corrected chi connectivity index (χ2v) is 3.84. The number of aromatic nitrogens is 2. The lowest BCUT2D eigenvalue weighted by Gasteiger charge is -2.20. The van der Waals surface area contributed by atoms with Gasteiger partial charge in [0, 0.05) is 6.20 Å². The number of amides is 2. The third-order valence-electron chi connectivity index (χ3n) is 1.64. The fourth-order valence-electron chi connectivity index (χ4n) is 1.12. The number of halogens is 1. The Morgan fingerprint density at radius 2 is 1.88 bits per heavy atom. The number of nitrogens with zero attached hydrogens (tertiary/aromatic N) is 3. The van der Waals surface area contributed by atoms with Crippen LogP contribution in [0.1, 0.15) is 0 Å². The highest BCUT2D eigenvalue weighted by atomic mass is 79.9. The fraction of sp³-hybridized carbons (Fsp3) is 0.250. The summed E-state index contributed by atoms with van der Waals surface area (Å²) in [6.45, 7) is -0.281. The van der Waals surface area contributed by atoms with Gasteiger partial charge in [-0.1, -0.05) is 0 Å². The fourth-order valence-corrected chi connectivity index (χ4v) is 1.59. The van der Waals surface area contributed by atoms with E-state index in [1.807, 2.05) is 0 Å². The molecule has 1 aromatic rings. The number of carbonyl (C=O) groups is 2. The van der Waals surface area contributed by atoms with E-state index < -0.39 is 11.8 Å². The average Bonchev–Trinajstić information content (AvgIpc) is 2.15. The quantitative estimate of drug-likeness (QED) is 0.722. The molecule has 0 aliphatic rings. The van der Waals surface area contributed by atoms with Gasteiger partial charge in [-0.15, -0.1) is 0 Å². The molecule has 0 radical (unpaired) electrons. The van der Waals surface area contributed by atoms with Gasteiger partial charge in [-0.05, 0) is 15.9 Å². The summed E-state index contributed by atoms with van der Waals surface area (Å²) in [5.41, 5.74) is 10.1. The van der Waals surface area contributed by atoms with Gasteiger partial charge in [0.1, 0.15) is 12.1 Å². The highest BCUT2D eigenvalue weighted by Gasteiger charge is 2.15. The molecule has 0 aromatic carbocycles. The van der Waals surface area contributed by atoms with E-state index in [1.54, 1.807) is 0 Å². The molecule has 8 heteroatoms. The highest BCUT2D eigenvalue weighted by molar-refractivity contribution is 9.10. The van der Waals surface area contributed by atoms with Crippen molar-refractivity contribution in [2.24, 2.45) is 11.5 Å². The summed E-state index contributed by atoms with van der Waals surface area (Å²) in [6.07, 6.45) is 2.80. The first-order chi connectivity index (χ1) is 7.50. The third-order valence-corrected chi connectivity index (χ3v) is 2.20. The van der Waals surface area contributed by atoms with Crippen LogP contribution in [0.4, 0.5) is 5.82 Å². The Morgan fingerprint density at radius 3 is 2.31 bits per heavy atom. The van der Waals surface area contributed by atoms with Crippen molar-refractivity contribution in [3.63, 3.8) is 0 Å². The molecule has 0 atom stereocenters. The number of hydrogen-bond donors (Lipinski definition) is 2. The Morgan fingerprint density at radius 1 is 1.31 bits per heavy atom. The molecule has 86 valence electrons. The number of anilines is 1. The number of rotatable bonds is 5. The first-order valence-electron chi connectivity index (χ1n) is 4.27. The lowest BCUT2D eigenvalue weighted by Crippen LogP contribution is -2.40. The highest BCUT2D eigenvalue weighted by Crippen LogP contribution is 2.21.